The third-order valence-electron chi connectivity index (χ3n) is 10.3. The number of carboxylic acids is 1. The molecule has 4 saturated carbocycles. The van der Waals surface area contributed by atoms with Crippen LogP contribution in [0.25, 0.3) is 0 Å². The van der Waals surface area contributed by atoms with Gasteiger partial charge in [0.1, 0.15) is 0 Å². The maximum absolute atomic E-state index is 13.9. The molecule has 4 rings (SSSR count). The second-order valence-electron chi connectivity index (χ2n) is 11.6. The summed E-state index contributed by atoms with van der Waals surface area (Å²) in [6.45, 7) is 6.36. The van der Waals surface area contributed by atoms with Gasteiger partial charge in [0.05, 0.1) is 12.2 Å². The lowest BCUT2D eigenvalue weighted by atomic mass is 9.43. The van der Waals surface area contributed by atoms with Gasteiger partial charge in [-0.05, 0) is 97.7 Å². The number of carbonyl (C=O) groups is 1. The van der Waals surface area contributed by atoms with Crippen molar-refractivity contribution in [2.75, 3.05) is 0 Å². The Kier molecular flexibility index (Phi) is 5.53. The number of halogens is 2. The van der Waals surface area contributed by atoms with Crippen LogP contribution in [0.1, 0.15) is 78.6 Å². The molecule has 0 saturated heterocycles. The van der Waals surface area contributed by atoms with Crippen molar-refractivity contribution < 1.29 is 28.9 Å². The summed E-state index contributed by atoms with van der Waals surface area (Å²) in [7, 11) is 0. The van der Waals surface area contributed by atoms with Crippen LogP contribution in [-0.4, -0.2) is 39.4 Å². The number of rotatable bonds is 4. The average Bonchev–Trinajstić information content (AvgIpc) is 3.00. The van der Waals surface area contributed by atoms with Crippen LogP contribution in [0.15, 0.2) is 0 Å². The molecule has 0 aromatic heterocycles. The van der Waals surface area contributed by atoms with E-state index in [1.54, 1.807) is 6.92 Å². The Bertz CT molecular complexity index is 684. The molecule has 0 aromatic carbocycles. The Balaban J connectivity index is 1.56. The molecule has 10 atom stereocenters. The highest BCUT2D eigenvalue weighted by molar-refractivity contribution is 5.75. The van der Waals surface area contributed by atoms with Crippen molar-refractivity contribution in [2.45, 2.75) is 96.7 Å². The number of carboxylic acid groups (broad SMARTS) is 1. The molecule has 0 unspecified atom stereocenters. The molecule has 3 N–H and O–H groups in total. The van der Waals surface area contributed by atoms with Gasteiger partial charge in [0.2, 0.25) is 0 Å². The van der Waals surface area contributed by atoms with E-state index < -0.39 is 24.4 Å². The van der Waals surface area contributed by atoms with E-state index in [1.807, 2.05) is 0 Å². The number of aliphatic hydroxyl groups excluding tert-OH is 2. The SMILES string of the molecule is C[C@H](CC(F)(F)C(=O)O)[C@H]1CC[C@H]2[C@@H]3[C@@H](O)C[C@@H]4C[C@H](O)CC[C@]4(C)[C@H]3CC[C@]12C. The van der Waals surface area contributed by atoms with Crippen LogP contribution in [0.3, 0.4) is 0 Å². The summed E-state index contributed by atoms with van der Waals surface area (Å²) < 4.78 is 27.9. The van der Waals surface area contributed by atoms with Gasteiger partial charge in [0.25, 0.3) is 0 Å². The van der Waals surface area contributed by atoms with E-state index in [0.29, 0.717) is 17.8 Å². The normalized spacial score (nSPS) is 49.6. The van der Waals surface area contributed by atoms with Crippen molar-refractivity contribution in [1.29, 1.82) is 0 Å². The van der Waals surface area contributed by atoms with Crippen molar-refractivity contribution >= 4 is 5.97 Å². The highest BCUT2D eigenvalue weighted by Crippen LogP contribution is 2.68. The van der Waals surface area contributed by atoms with E-state index in [2.05, 4.69) is 13.8 Å². The molecule has 0 aromatic rings. The first-order chi connectivity index (χ1) is 13.9. The third-order valence-corrected chi connectivity index (χ3v) is 10.3. The second kappa shape index (κ2) is 7.40. The smallest absolute Gasteiger partial charge is 0.374 e. The predicted octanol–water partition coefficient (Wildman–Crippen LogP) is 4.72. The molecule has 0 bridgehead atoms. The lowest BCUT2D eigenvalue weighted by Gasteiger charge is -2.62. The molecular weight excluding hydrogens is 390 g/mol. The monoisotopic (exact) mass is 428 g/mol. The minimum absolute atomic E-state index is 0.0691. The van der Waals surface area contributed by atoms with Crippen LogP contribution in [0.2, 0.25) is 0 Å². The van der Waals surface area contributed by atoms with Crippen molar-refractivity contribution in [2.24, 2.45) is 46.3 Å². The molecule has 30 heavy (non-hydrogen) atoms. The van der Waals surface area contributed by atoms with Crippen molar-refractivity contribution in [3.05, 3.63) is 0 Å². The van der Waals surface area contributed by atoms with Gasteiger partial charge in [-0.25, -0.2) is 4.79 Å². The van der Waals surface area contributed by atoms with Crippen molar-refractivity contribution in [3.8, 4) is 0 Å². The molecule has 0 heterocycles. The molecule has 4 aliphatic rings. The average molecular weight is 429 g/mol. The van der Waals surface area contributed by atoms with Gasteiger partial charge in [-0.3, -0.25) is 0 Å². The van der Waals surface area contributed by atoms with Crippen molar-refractivity contribution in [3.63, 3.8) is 0 Å². The van der Waals surface area contributed by atoms with E-state index in [-0.39, 0.29) is 34.7 Å². The molecule has 0 amide bonds. The van der Waals surface area contributed by atoms with Gasteiger partial charge in [-0.15, -0.1) is 0 Å². The van der Waals surface area contributed by atoms with Crippen molar-refractivity contribution in [1.82, 2.24) is 0 Å². The second-order valence-corrected chi connectivity index (χ2v) is 11.6. The van der Waals surface area contributed by atoms with E-state index >= 15 is 0 Å². The maximum atomic E-state index is 13.9. The van der Waals surface area contributed by atoms with Gasteiger partial charge in [-0.2, -0.15) is 8.78 Å². The van der Waals surface area contributed by atoms with Gasteiger partial charge in [0.15, 0.2) is 0 Å². The lowest BCUT2D eigenvalue weighted by Crippen LogP contribution is -2.58. The largest absolute Gasteiger partial charge is 0.477 e. The molecule has 0 radical (unpaired) electrons. The maximum Gasteiger partial charge on any atom is 0.374 e. The fourth-order valence-corrected chi connectivity index (χ4v) is 8.81. The van der Waals surface area contributed by atoms with Crippen LogP contribution in [0.5, 0.6) is 0 Å². The summed E-state index contributed by atoms with van der Waals surface area (Å²) in [5, 5.41) is 30.3. The highest BCUT2D eigenvalue weighted by atomic mass is 19.3. The summed E-state index contributed by atoms with van der Waals surface area (Å²) in [5.74, 6) is -4.73. The fourth-order valence-electron chi connectivity index (χ4n) is 8.81. The minimum Gasteiger partial charge on any atom is -0.477 e. The number of fused-ring (bicyclic) bond motifs is 5. The molecule has 0 spiro atoms. The fraction of sp³-hybridized carbons (Fsp3) is 0.958. The van der Waals surface area contributed by atoms with Crippen LogP contribution < -0.4 is 0 Å². The summed E-state index contributed by atoms with van der Waals surface area (Å²) in [4.78, 5) is 11.0. The summed E-state index contributed by atoms with van der Waals surface area (Å²) in [5.41, 5.74) is 0.0258. The third kappa shape index (κ3) is 3.32. The Morgan fingerprint density at radius 2 is 1.67 bits per heavy atom. The number of alkyl halides is 2. The van der Waals surface area contributed by atoms with Gasteiger partial charge in [0, 0.05) is 6.42 Å². The zero-order valence-electron chi connectivity index (χ0n) is 18.5. The number of aliphatic hydroxyl groups is 2. The molecule has 4 nitrogen and oxygen atoms in total. The van der Waals surface area contributed by atoms with Gasteiger partial charge in [-0.1, -0.05) is 20.8 Å². The van der Waals surface area contributed by atoms with E-state index in [9.17, 15) is 23.8 Å². The van der Waals surface area contributed by atoms with Crippen LogP contribution in [0, 0.1) is 46.3 Å². The Morgan fingerprint density at radius 1 is 1.03 bits per heavy atom. The lowest BCUT2D eigenvalue weighted by molar-refractivity contribution is -0.178. The number of hydrogen-bond donors (Lipinski definition) is 3. The van der Waals surface area contributed by atoms with Gasteiger partial charge < -0.3 is 15.3 Å². The molecule has 0 aliphatic heterocycles. The Morgan fingerprint density at radius 3 is 2.33 bits per heavy atom. The minimum atomic E-state index is -3.68. The first kappa shape index (κ1) is 22.4. The summed E-state index contributed by atoms with van der Waals surface area (Å²) in [6.07, 6.45) is 5.83. The molecule has 172 valence electrons. The van der Waals surface area contributed by atoms with Crippen LogP contribution in [-0.2, 0) is 4.79 Å². The van der Waals surface area contributed by atoms with Crippen LogP contribution in [0.4, 0.5) is 8.78 Å². The number of hydrogen-bond acceptors (Lipinski definition) is 3. The quantitative estimate of drug-likeness (QED) is 0.605. The van der Waals surface area contributed by atoms with Crippen LogP contribution >= 0.6 is 0 Å². The standard InChI is InChI=1S/C24H38F2O4/c1-13(12-24(25,26)21(29)30)16-4-5-17-20-18(7-9-23(16,17)3)22(2)8-6-15(27)10-14(22)11-19(20)28/h13-20,27-28H,4-12H2,1-3H3,(H,29,30)/t13-,14+,15-,16-,17+,18+,19+,20+,22+,23-/m1/s1. The molecule has 6 heteroatoms. The first-order valence-electron chi connectivity index (χ1n) is 11.9. The zero-order chi connectivity index (χ0) is 22.1. The zero-order valence-corrected chi connectivity index (χ0v) is 18.5. The first-order valence-corrected chi connectivity index (χ1v) is 11.9. The number of aliphatic carboxylic acids is 1. The Labute approximate surface area is 178 Å². The van der Waals surface area contributed by atoms with E-state index in [0.717, 1.165) is 51.4 Å². The van der Waals surface area contributed by atoms with E-state index in [1.165, 1.54) is 0 Å². The summed E-state index contributed by atoms with van der Waals surface area (Å²) >= 11 is 0. The highest BCUT2D eigenvalue weighted by Gasteiger charge is 2.63. The molecule has 4 aliphatic carbocycles. The van der Waals surface area contributed by atoms with Gasteiger partial charge >= 0.3 is 11.9 Å². The topological polar surface area (TPSA) is 77.8 Å². The summed E-state index contributed by atoms with van der Waals surface area (Å²) in [6, 6.07) is 0. The van der Waals surface area contributed by atoms with E-state index in [4.69, 9.17) is 5.11 Å². The molecule has 4 fully saturated rings. The Hall–Kier alpha value is -0.750. The molecular formula is C24H38F2O4. The predicted molar refractivity (Wildman–Crippen MR) is 109 cm³/mol.